The van der Waals surface area contributed by atoms with Gasteiger partial charge in [-0.1, -0.05) is 20.8 Å². The van der Waals surface area contributed by atoms with Gasteiger partial charge in [-0.3, -0.25) is 0 Å². The molecule has 1 saturated carbocycles. The summed E-state index contributed by atoms with van der Waals surface area (Å²) in [5.41, 5.74) is 0.536. The molecular weight excluding hydrogens is 232 g/mol. The topological polar surface area (TPSA) is 15.3 Å². The third-order valence-corrected chi connectivity index (χ3v) is 5.12. The summed E-state index contributed by atoms with van der Waals surface area (Å²) in [6.45, 7) is 14.5. The number of hydrogen-bond acceptors (Lipinski definition) is 2. The molecule has 2 nitrogen and oxygen atoms in total. The molecule has 0 amide bonds. The van der Waals surface area contributed by atoms with E-state index in [9.17, 15) is 0 Å². The maximum absolute atomic E-state index is 3.98. The van der Waals surface area contributed by atoms with Crippen LogP contribution < -0.4 is 5.32 Å². The van der Waals surface area contributed by atoms with Gasteiger partial charge in [0.2, 0.25) is 0 Å². The van der Waals surface area contributed by atoms with Gasteiger partial charge in [0.05, 0.1) is 0 Å². The Balaban J connectivity index is 1.79. The molecule has 1 aliphatic heterocycles. The standard InChI is InChI=1S/C17H34N2/c1-13(2)19-8-6-15(7-9-19)18-16-10-14(3)11-17(4,5)12-16/h13-16,18H,6-12H2,1-5H3. The normalized spacial score (nSPS) is 33.8. The van der Waals surface area contributed by atoms with Crippen molar-refractivity contribution in [3.05, 3.63) is 0 Å². The van der Waals surface area contributed by atoms with E-state index in [1.54, 1.807) is 0 Å². The smallest absolute Gasteiger partial charge is 0.00940 e. The van der Waals surface area contributed by atoms with Crippen LogP contribution in [0.15, 0.2) is 0 Å². The van der Waals surface area contributed by atoms with E-state index in [2.05, 4.69) is 44.8 Å². The van der Waals surface area contributed by atoms with Crippen LogP contribution in [-0.4, -0.2) is 36.1 Å². The van der Waals surface area contributed by atoms with Crippen LogP contribution in [0.4, 0.5) is 0 Å². The van der Waals surface area contributed by atoms with E-state index >= 15 is 0 Å². The van der Waals surface area contributed by atoms with Gasteiger partial charge in [-0.05, 0) is 70.4 Å². The second kappa shape index (κ2) is 6.13. The Bertz CT molecular complexity index is 277. The summed E-state index contributed by atoms with van der Waals surface area (Å²) in [7, 11) is 0. The summed E-state index contributed by atoms with van der Waals surface area (Å²) >= 11 is 0. The van der Waals surface area contributed by atoms with E-state index in [1.165, 1.54) is 45.2 Å². The molecule has 2 heteroatoms. The first-order valence-corrected chi connectivity index (χ1v) is 8.36. The SMILES string of the molecule is CC1CC(NC2CCN(C(C)C)CC2)CC(C)(C)C1. The van der Waals surface area contributed by atoms with Crippen LogP contribution >= 0.6 is 0 Å². The van der Waals surface area contributed by atoms with Crippen molar-refractivity contribution in [3.63, 3.8) is 0 Å². The van der Waals surface area contributed by atoms with E-state index in [0.29, 0.717) is 5.41 Å². The highest BCUT2D eigenvalue weighted by atomic mass is 15.2. The van der Waals surface area contributed by atoms with E-state index in [4.69, 9.17) is 0 Å². The fourth-order valence-electron chi connectivity index (χ4n) is 4.39. The number of hydrogen-bond donors (Lipinski definition) is 1. The first-order chi connectivity index (χ1) is 8.85. The summed E-state index contributed by atoms with van der Waals surface area (Å²) in [5, 5.41) is 3.98. The van der Waals surface area contributed by atoms with Crippen molar-refractivity contribution in [2.75, 3.05) is 13.1 Å². The number of piperidine rings is 1. The predicted molar refractivity (Wildman–Crippen MR) is 83.5 cm³/mol. The first-order valence-electron chi connectivity index (χ1n) is 8.36. The molecule has 0 aromatic carbocycles. The van der Waals surface area contributed by atoms with Crippen LogP contribution in [0.5, 0.6) is 0 Å². The molecule has 0 aromatic heterocycles. The zero-order valence-corrected chi connectivity index (χ0v) is 13.7. The molecule has 1 heterocycles. The molecule has 0 bridgehead atoms. The van der Waals surface area contributed by atoms with E-state index in [1.807, 2.05) is 0 Å². The molecule has 0 radical (unpaired) electrons. The molecule has 1 aliphatic carbocycles. The lowest BCUT2D eigenvalue weighted by Gasteiger charge is -2.42. The lowest BCUT2D eigenvalue weighted by molar-refractivity contribution is 0.118. The zero-order chi connectivity index (χ0) is 14.0. The molecule has 2 unspecified atom stereocenters. The van der Waals surface area contributed by atoms with Crippen LogP contribution in [0.2, 0.25) is 0 Å². The van der Waals surface area contributed by atoms with Crippen LogP contribution in [0, 0.1) is 11.3 Å². The lowest BCUT2D eigenvalue weighted by Crippen LogP contribution is -2.50. The second-order valence-electron chi connectivity index (χ2n) is 8.18. The number of likely N-dealkylation sites (tertiary alicyclic amines) is 1. The largest absolute Gasteiger partial charge is 0.311 e. The Labute approximate surface area is 120 Å². The molecule has 2 aliphatic rings. The van der Waals surface area contributed by atoms with Gasteiger partial charge < -0.3 is 10.2 Å². The van der Waals surface area contributed by atoms with Gasteiger partial charge in [-0.15, -0.1) is 0 Å². The molecule has 2 rings (SSSR count). The van der Waals surface area contributed by atoms with Gasteiger partial charge in [0, 0.05) is 18.1 Å². The molecular formula is C17H34N2. The Morgan fingerprint density at radius 1 is 1.05 bits per heavy atom. The van der Waals surface area contributed by atoms with E-state index < -0.39 is 0 Å². The minimum absolute atomic E-state index is 0.536. The molecule has 1 N–H and O–H groups in total. The Morgan fingerprint density at radius 3 is 2.21 bits per heavy atom. The highest BCUT2D eigenvalue weighted by molar-refractivity contribution is 4.89. The summed E-state index contributed by atoms with van der Waals surface area (Å²) in [6.07, 6.45) is 6.82. The predicted octanol–water partition coefficient (Wildman–Crippen LogP) is 3.66. The van der Waals surface area contributed by atoms with E-state index in [-0.39, 0.29) is 0 Å². The fraction of sp³-hybridized carbons (Fsp3) is 1.00. The second-order valence-corrected chi connectivity index (χ2v) is 8.18. The Morgan fingerprint density at radius 2 is 1.68 bits per heavy atom. The van der Waals surface area contributed by atoms with Gasteiger partial charge in [0.15, 0.2) is 0 Å². The number of rotatable bonds is 3. The molecule has 0 aromatic rings. The van der Waals surface area contributed by atoms with Gasteiger partial charge in [-0.2, -0.15) is 0 Å². The van der Waals surface area contributed by atoms with Crippen molar-refractivity contribution in [2.45, 2.75) is 84.8 Å². The molecule has 0 spiro atoms. The van der Waals surface area contributed by atoms with Gasteiger partial charge in [-0.25, -0.2) is 0 Å². The molecule has 112 valence electrons. The molecule has 19 heavy (non-hydrogen) atoms. The van der Waals surface area contributed by atoms with Crippen LogP contribution in [-0.2, 0) is 0 Å². The first kappa shape index (κ1) is 15.3. The summed E-state index contributed by atoms with van der Waals surface area (Å²) in [4.78, 5) is 2.62. The monoisotopic (exact) mass is 266 g/mol. The molecule has 2 atom stereocenters. The Hall–Kier alpha value is -0.0800. The van der Waals surface area contributed by atoms with Crippen molar-refractivity contribution < 1.29 is 0 Å². The maximum Gasteiger partial charge on any atom is 0.00940 e. The Kier molecular flexibility index (Phi) is 4.94. The van der Waals surface area contributed by atoms with Crippen molar-refractivity contribution >= 4 is 0 Å². The molecule has 2 fully saturated rings. The van der Waals surface area contributed by atoms with Gasteiger partial charge in [0.1, 0.15) is 0 Å². The van der Waals surface area contributed by atoms with Crippen molar-refractivity contribution in [1.82, 2.24) is 10.2 Å². The summed E-state index contributed by atoms with van der Waals surface area (Å²) in [6, 6.07) is 2.24. The van der Waals surface area contributed by atoms with Crippen LogP contribution in [0.1, 0.15) is 66.7 Å². The average Bonchev–Trinajstić information content (AvgIpc) is 2.26. The van der Waals surface area contributed by atoms with Gasteiger partial charge >= 0.3 is 0 Å². The maximum atomic E-state index is 3.98. The third-order valence-electron chi connectivity index (χ3n) is 5.12. The number of nitrogens with one attached hydrogen (secondary N) is 1. The summed E-state index contributed by atoms with van der Waals surface area (Å²) in [5.74, 6) is 0.886. The number of nitrogens with zero attached hydrogens (tertiary/aromatic N) is 1. The van der Waals surface area contributed by atoms with Crippen LogP contribution in [0.25, 0.3) is 0 Å². The van der Waals surface area contributed by atoms with Gasteiger partial charge in [0.25, 0.3) is 0 Å². The fourth-order valence-corrected chi connectivity index (χ4v) is 4.39. The summed E-state index contributed by atoms with van der Waals surface area (Å²) < 4.78 is 0. The highest BCUT2D eigenvalue weighted by Gasteiger charge is 2.33. The van der Waals surface area contributed by atoms with Crippen molar-refractivity contribution in [1.29, 1.82) is 0 Å². The third kappa shape index (κ3) is 4.46. The minimum atomic E-state index is 0.536. The lowest BCUT2D eigenvalue weighted by atomic mass is 9.70. The quantitative estimate of drug-likeness (QED) is 0.838. The van der Waals surface area contributed by atoms with Crippen LogP contribution in [0.3, 0.4) is 0 Å². The average molecular weight is 266 g/mol. The highest BCUT2D eigenvalue weighted by Crippen LogP contribution is 2.38. The molecule has 1 saturated heterocycles. The van der Waals surface area contributed by atoms with Crippen molar-refractivity contribution in [3.8, 4) is 0 Å². The zero-order valence-electron chi connectivity index (χ0n) is 13.7. The van der Waals surface area contributed by atoms with Crippen molar-refractivity contribution in [2.24, 2.45) is 11.3 Å². The van der Waals surface area contributed by atoms with E-state index in [0.717, 1.165) is 24.0 Å². The minimum Gasteiger partial charge on any atom is -0.311 e.